The summed E-state index contributed by atoms with van der Waals surface area (Å²) in [7, 11) is -2.18. The van der Waals surface area contributed by atoms with Gasteiger partial charge in [0.25, 0.3) is 0 Å². The maximum atomic E-state index is 13.4. The molecule has 0 aliphatic heterocycles. The summed E-state index contributed by atoms with van der Waals surface area (Å²) in [5.74, 6) is -0.127. The van der Waals surface area contributed by atoms with E-state index in [0.29, 0.717) is 11.4 Å². The average molecular weight is 587 g/mol. The third-order valence-corrected chi connectivity index (χ3v) is 6.76. The number of anilines is 1. The quantitative estimate of drug-likeness (QED) is 0.432. The maximum absolute atomic E-state index is 13.4. The van der Waals surface area contributed by atoms with Crippen LogP contribution in [0.4, 0.5) is 5.69 Å². The Bertz CT molecular complexity index is 1060. The molecule has 1 atom stereocenters. The zero-order valence-corrected chi connectivity index (χ0v) is 22.4. The average Bonchev–Trinajstić information content (AvgIpc) is 2.75. The van der Waals surface area contributed by atoms with Gasteiger partial charge >= 0.3 is 0 Å². The van der Waals surface area contributed by atoms with Gasteiger partial charge in [-0.05, 0) is 85.3 Å². The van der Waals surface area contributed by atoms with Crippen molar-refractivity contribution in [2.24, 2.45) is 0 Å². The number of rotatable bonds is 10. The molecule has 0 radical (unpaired) electrons. The summed E-state index contributed by atoms with van der Waals surface area (Å²) in [4.78, 5) is 27.5. The summed E-state index contributed by atoms with van der Waals surface area (Å²) in [6, 6.07) is 13.1. The van der Waals surface area contributed by atoms with Crippen molar-refractivity contribution in [3.05, 3.63) is 57.7 Å². The van der Waals surface area contributed by atoms with Gasteiger partial charge in [0.05, 0.1) is 19.1 Å². The van der Waals surface area contributed by atoms with Crippen LogP contribution in [0.2, 0.25) is 0 Å². The van der Waals surface area contributed by atoms with Gasteiger partial charge in [0, 0.05) is 16.2 Å². The predicted octanol–water partition coefficient (Wildman–Crippen LogP) is 3.01. The van der Waals surface area contributed by atoms with Crippen molar-refractivity contribution in [1.82, 2.24) is 10.2 Å². The van der Waals surface area contributed by atoms with E-state index in [2.05, 4.69) is 27.9 Å². The SMILES string of the molecule is COc1ccc(CN(C(=O)CN(c2ccc(I)cc2)S(C)(=O)=O)[C@@H](C)C(=O)NC(C)C)cc1. The number of benzene rings is 2. The predicted molar refractivity (Wildman–Crippen MR) is 138 cm³/mol. The van der Waals surface area contributed by atoms with E-state index in [4.69, 9.17) is 4.74 Å². The number of carbonyl (C=O) groups is 2. The monoisotopic (exact) mass is 587 g/mol. The van der Waals surface area contributed by atoms with E-state index in [1.54, 1.807) is 62.6 Å². The number of hydrogen-bond acceptors (Lipinski definition) is 5. The van der Waals surface area contributed by atoms with Crippen molar-refractivity contribution in [2.45, 2.75) is 39.4 Å². The Morgan fingerprint density at radius 2 is 1.61 bits per heavy atom. The highest BCUT2D eigenvalue weighted by atomic mass is 127. The molecule has 8 nitrogen and oxygen atoms in total. The largest absolute Gasteiger partial charge is 0.497 e. The normalized spacial score (nSPS) is 12.2. The summed E-state index contributed by atoms with van der Waals surface area (Å²) in [5, 5.41) is 2.82. The highest BCUT2D eigenvalue weighted by Crippen LogP contribution is 2.21. The van der Waals surface area contributed by atoms with Crippen molar-refractivity contribution in [3.8, 4) is 5.75 Å². The molecule has 2 amide bonds. The topological polar surface area (TPSA) is 96.0 Å². The van der Waals surface area contributed by atoms with Crippen molar-refractivity contribution in [1.29, 1.82) is 0 Å². The lowest BCUT2D eigenvalue weighted by atomic mass is 10.1. The standard InChI is InChI=1S/C23H30IN3O5S/c1-16(2)25-23(29)17(3)26(14-18-6-12-21(32-4)13-7-18)22(28)15-27(33(5,30)31)20-10-8-19(24)9-11-20/h6-13,16-17H,14-15H2,1-5H3,(H,25,29)/t17-/m0/s1. The van der Waals surface area contributed by atoms with E-state index >= 15 is 0 Å². The zero-order chi connectivity index (χ0) is 24.8. The van der Waals surface area contributed by atoms with E-state index in [9.17, 15) is 18.0 Å². The summed E-state index contributed by atoms with van der Waals surface area (Å²) in [5.41, 5.74) is 1.17. The van der Waals surface area contributed by atoms with Crippen LogP contribution in [0.25, 0.3) is 0 Å². The molecular formula is C23H30IN3O5S. The summed E-state index contributed by atoms with van der Waals surface area (Å²) in [6.07, 6.45) is 1.06. The number of sulfonamides is 1. The van der Waals surface area contributed by atoms with Crippen LogP contribution in [0.15, 0.2) is 48.5 Å². The lowest BCUT2D eigenvalue weighted by Gasteiger charge is -2.32. The molecule has 0 unspecified atom stereocenters. The van der Waals surface area contributed by atoms with Crippen LogP contribution >= 0.6 is 22.6 Å². The first-order valence-electron chi connectivity index (χ1n) is 10.4. The van der Waals surface area contributed by atoms with Crippen LogP contribution in [0.3, 0.4) is 0 Å². The fourth-order valence-electron chi connectivity index (χ4n) is 3.14. The second-order valence-electron chi connectivity index (χ2n) is 7.96. The smallest absolute Gasteiger partial charge is 0.244 e. The first-order chi connectivity index (χ1) is 15.4. The van der Waals surface area contributed by atoms with E-state index in [-0.39, 0.29) is 18.5 Å². The van der Waals surface area contributed by atoms with Crippen LogP contribution in [0.5, 0.6) is 5.75 Å². The Labute approximate surface area is 209 Å². The molecule has 2 rings (SSSR count). The number of halogens is 1. The van der Waals surface area contributed by atoms with Crippen molar-refractivity contribution >= 4 is 50.1 Å². The number of amides is 2. The molecule has 0 saturated heterocycles. The van der Waals surface area contributed by atoms with Gasteiger partial charge in [-0.2, -0.15) is 0 Å². The Hall–Kier alpha value is -2.34. The van der Waals surface area contributed by atoms with Gasteiger partial charge in [-0.1, -0.05) is 12.1 Å². The Morgan fingerprint density at radius 1 is 1.03 bits per heavy atom. The second-order valence-corrected chi connectivity index (χ2v) is 11.1. The number of methoxy groups -OCH3 is 1. The van der Waals surface area contributed by atoms with E-state index in [1.807, 2.05) is 13.8 Å². The summed E-state index contributed by atoms with van der Waals surface area (Å²) in [6.45, 7) is 5.02. The van der Waals surface area contributed by atoms with Crippen LogP contribution in [0, 0.1) is 3.57 Å². The van der Waals surface area contributed by atoms with Crippen molar-refractivity contribution < 1.29 is 22.7 Å². The van der Waals surface area contributed by atoms with Crippen LogP contribution in [-0.4, -0.2) is 57.1 Å². The zero-order valence-electron chi connectivity index (χ0n) is 19.4. The minimum atomic E-state index is -3.74. The Morgan fingerprint density at radius 3 is 2.09 bits per heavy atom. The van der Waals surface area contributed by atoms with Gasteiger partial charge in [0.15, 0.2) is 0 Å². The molecule has 2 aromatic carbocycles. The molecule has 0 aliphatic rings. The van der Waals surface area contributed by atoms with Crippen molar-refractivity contribution in [3.63, 3.8) is 0 Å². The van der Waals surface area contributed by atoms with Gasteiger partial charge < -0.3 is 15.0 Å². The van der Waals surface area contributed by atoms with Crippen LogP contribution in [0.1, 0.15) is 26.3 Å². The molecule has 0 aliphatic carbocycles. The molecule has 1 N–H and O–H groups in total. The molecule has 180 valence electrons. The molecule has 33 heavy (non-hydrogen) atoms. The molecular weight excluding hydrogens is 557 g/mol. The summed E-state index contributed by atoms with van der Waals surface area (Å²) >= 11 is 2.12. The number of ether oxygens (including phenoxy) is 1. The highest BCUT2D eigenvalue weighted by molar-refractivity contribution is 14.1. The summed E-state index contributed by atoms with van der Waals surface area (Å²) < 4.78 is 32.2. The Kier molecular flexibility index (Phi) is 9.53. The van der Waals surface area contributed by atoms with E-state index < -0.39 is 28.5 Å². The molecule has 0 fully saturated rings. The second kappa shape index (κ2) is 11.7. The third-order valence-electron chi connectivity index (χ3n) is 4.90. The molecule has 10 heteroatoms. The van der Waals surface area contributed by atoms with E-state index in [1.165, 1.54) is 4.90 Å². The van der Waals surface area contributed by atoms with Crippen molar-refractivity contribution in [2.75, 3.05) is 24.2 Å². The Balaban J connectivity index is 2.36. The number of nitrogens with zero attached hydrogens (tertiary/aromatic N) is 2. The number of nitrogens with one attached hydrogen (secondary N) is 1. The number of carbonyl (C=O) groups excluding carboxylic acids is 2. The molecule has 0 saturated carbocycles. The molecule has 0 bridgehead atoms. The van der Waals surface area contributed by atoms with Gasteiger partial charge in [0.2, 0.25) is 21.8 Å². The molecule has 2 aromatic rings. The highest BCUT2D eigenvalue weighted by Gasteiger charge is 2.30. The lowest BCUT2D eigenvalue weighted by molar-refractivity contribution is -0.139. The van der Waals surface area contributed by atoms with Crippen LogP contribution in [-0.2, 0) is 26.2 Å². The fraction of sp³-hybridized carbons (Fsp3) is 0.391. The fourth-order valence-corrected chi connectivity index (χ4v) is 4.35. The van der Waals surface area contributed by atoms with Gasteiger partial charge in [-0.3, -0.25) is 13.9 Å². The van der Waals surface area contributed by atoms with Gasteiger partial charge in [0.1, 0.15) is 18.3 Å². The van der Waals surface area contributed by atoms with Crippen LogP contribution < -0.4 is 14.4 Å². The molecule has 0 heterocycles. The first kappa shape index (κ1) is 26.9. The minimum Gasteiger partial charge on any atom is -0.497 e. The van der Waals surface area contributed by atoms with E-state index in [0.717, 1.165) is 19.7 Å². The maximum Gasteiger partial charge on any atom is 0.244 e. The lowest BCUT2D eigenvalue weighted by Crippen LogP contribution is -2.52. The molecule has 0 aromatic heterocycles. The minimum absolute atomic E-state index is 0.0998. The molecule has 0 spiro atoms. The first-order valence-corrected chi connectivity index (χ1v) is 13.3. The van der Waals surface area contributed by atoms with Gasteiger partial charge in [-0.25, -0.2) is 8.42 Å². The third kappa shape index (κ3) is 7.88. The number of hydrogen-bond donors (Lipinski definition) is 1. The van der Waals surface area contributed by atoms with Gasteiger partial charge in [-0.15, -0.1) is 0 Å².